The zero-order valence-corrected chi connectivity index (χ0v) is 17.8. The first-order valence-electron chi connectivity index (χ1n) is 10.4. The lowest BCUT2D eigenvalue weighted by molar-refractivity contribution is 0.596. The smallest absolute Gasteiger partial charge is 0.206 e. The number of hydrogen-bond acceptors (Lipinski definition) is 5. The number of nitrogens with zero attached hydrogens (tertiary/aromatic N) is 2. The van der Waals surface area contributed by atoms with Crippen LogP contribution in [0.1, 0.15) is 12.8 Å². The van der Waals surface area contributed by atoms with Crippen LogP contribution in [0.4, 0.5) is 11.5 Å². The molecule has 156 valence electrons. The van der Waals surface area contributed by atoms with E-state index in [4.69, 9.17) is 10.7 Å². The van der Waals surface area contributed by atoms with Crippen molar-refractivity contribution in [1.82, 2.24) is 4.98 Å². The van der Waals surface area contributed by atoms with Crippen LogP contribution in [0.15, 0.2) is 88.7 Å². The lowest BCUT2D eigenvalue weighted by Crippen LogP contribution is -2.20. The molecular weight excluding hydrogens is 406 g/mol. The maximum Gasteiger partial charge on any atom is 0.206 e. The van der Waals surface area contributed by atoms with Crippen molar-refractivity contribution >= 4 is 32.1 Å². The largest absolute Gasteiger partial charge is 0.399 e. The van der Waals surface area contributed by atoms with Crippen molar-refractivity contribution in [3.63, 3.8) is 0 Å². The van der Waals surface area contributed by atoms with Crippen LogP contribution in [0.2, 0.25) is 0 Å². The molecule has 2 N–H and O–H groups in total. The molecule has 1 aliphatic heterocycles. The van der Waals surface area contributed by atoms with Gasteiger partial charge < -0.3 is 10.6 Å². The van der Waals surface area contributed by atoms with E-state index < -0.39 is 9.84 Å². The number of aromatic nitrogens is 1. The van der Waals surface area contributed by atoms with Crippen molar-refractivity contribution in [2.75, 3.05) is 23.7 Å². The molecule has 1 saturated heterocycles. The maximum absolute atomic E-state index is 13.5. The summed E-state index contributed by atoms with van der Waals surface area (Å²) >= 11 is 0. The molecule has 6 heteroatoms. The Balaban J connectivity index is 1.72. The first kappa shape index (κ1) is 19.6. The van der Waals surface area contributed by atoms with E-state index in [1.165, 1.54) is 0 Å². The number of pyridine rings is 1. The maximum atomic E-state index is 13.5. The number of nitrogens with two attached hydrogens (primary N) is 1. The van der Waals surface area contributed by atoms with E-state index in [9.17, 15) is 8.42 Å². The average Bonchev–Trinajstić information content (AvgIpc) is 3.34. The summed E-state index contributed by atoms with van der Waals surface area (Å²) in [5, 5.41) is 2.14. The first-order chi connectivity index (χ1) is 15.0. The lowest BCUT2D eigenvalue weighted by atomic mass is 10.0. The quantitative estimate of drug-likeness (QED) is 0.466. The van der Waals surface area contributed by atoms with Crippen LogP contribution in [0.5, 0.6) is 0 Å². The highest BCUT2D eigenvalue weighted by molar-refractivity contribution is 7.91. The predicted octanol–water partition coefficient (Wildman–Crippen LogP) is 4.92. The summed E-state index contributed by atoms with van der Waals surface area (Å²) in [6.45, 7) is 1.76. The molecule has 0 saturated carbocycles. The van der Waals surface area contributed by atoms with Crippen LogP contribution in [0, 0.1) is 0 Å². The van der Waals surface area contributed by atoms with E-state index in [2.05, 4.69) is 17.0 Å². The second-order valence-corrected chi connectivity index (χ2v) is 9.79. The molecule has 4 aromatic rings. The molecule has 0 atom stereocenters. The van der Waals surface area contributed by atoms with Crippen LogP contribution < -0.4 is 10.6 Å². The molecular formula is C25H23N3O2S. The fraction of sp³-hybridized carbons (Fsp3) is 0.160. The monoisotopic (exact) mass is 429 g/mol. The second-order valence-electron chi connectivity index (χ2n) is 7.84. The molecule has 3 aromatic carbocycles. The fourth-order valence-corrected chi connectivity index (χ4v) is 5.42. The van der Waals surface area contributed by atoms with Gasteiger partial charge in [-0.05, 0) is 60.0 Å². The zero-order valence-electron chi connectivity index (χ0n) is 17.0. The highest BCUT2D eigenvalue weighted by Crippen LogP contribution is 2.33. The Hall–Kier alpha value is -3.38. The van der Waals surface area contributed by atoms with E-state index in [1.54, 1.807) is 36.4 Å². The van der Waals surface area contributed by atoms with Gasteiger partial charge in [0.2, 0.25) is 9.84 Å². The molecule has 5 nitrogen and oxygen atoms in total. The Morgan fingerprint density at radius 3 is 2.29 bits per heavy atom. The molecule has 1 aromatic heterocycles. The first-order valence-corrected chi connectivity index (χ1v) is 11.9. The summed E-state index contributed by atoms with van der Waals surface area (Å²) < 4.78 is 26.9. The molecule has 0 radical (unpaired) electrons. The van der Waals surface area contributed by atoms with Gasteiger partial charge in [-0.25, -0.2) is 13.4 Å². The average molecular weight is 430 g/mol. The normalized spacial score (nSPS) is 14.3. The van der Waals surface area contributed by atoms with E-state index in [0.29, 0.717) is 17.2 Å². The summed E-state index contributed by atoms with van der Waals surface area (Å²) in [4.78, 5) is 7.54. The highest BCUT2D eigenvalue weighted by atomic mass is 32.2. The number of hydrogen-bond donors (Lipinski definition) is 1. The van der Waals surface area contributed by atoms with E-state index in [0.717, 1.165) is 42.3 Å². The Morgan fingerprint density at radius 2 is 1.52 bits per heavy atom. The highest BCUT2D eigenvalue weighted by Gasteiger charge is 2.23. The van der Waals surface area contributed by atoms with Crippen molar-refractivity contribution in [3.05, 3.63) is 78.9 Å². The number of fused-ring (bicyclic) bond motifs is 1. The number of rotatable bonds is 4. The molecule has 0 spiro atoms. The fourth-order valence-electron chi connectivity index (χ4n) is 4.12. The standard InChI is InChI=1S/C25H23N3O2S/c26-19-10-12-20(13-11-19)31(29,30)21-16-24(27-25(17-21)28-14-3-4-15-28)23-9-5-7-18-6-1-2-8-22(18)23/h1-2,5-13,16-17H,3-4,14-15,26H2. The van der Waals surface area contributed by atoms with Gasteiger partial charge in [0.05, 0.1) is 15.5 Å². The van der Waals surface area contributed by atoms with E-state index in [1.807, 2.05) is 30.3 Å². The van der Waals surface area contributed by atoms with Gasteiger partial charge in [0, 0.05) is 24.3 Å². The molecule has 1 aliphatic rings. The van der Waals surface area contributed by atoms with Crippen LogP contribution in [0.3, 0.4) is 0 Å². The summed E-state index contributed by atoms with van der Waals surface area (Å²) in [6, 6.07) is 23.8. The van der Waals surface area contributed by atoms with Crippen LogP contribution in [0.25, 0.3) is 22.0 Å². The van der Waals surface area contributed by atoms with Gasteiger partial charge in [-0.2, -0.15) is 0 Å². The van der Waals surface area contributed by atoms with Crippen LogP contribution in [-0.2, 0) is 9.84 Å². The van der Waals surface area contributed by atoms with Gasteiger partial charge in [-0.3, -0.25) is 0 Å². The Labute approximate surface area is 182 Å². The van der Waals surface area contributed by atoms with Gasteiger partial charge in [-0.15, -0.1) is 0 Å². The minimum atomic E-state index is -3.71. The minimum Gasteiger partial charge on any atom is -0.399 e. The van der Waals surface area contributed by atoms with Crippen molar-refractivity contribution in [2.45, 2.75) is 22.6 Å². The van der Waals surface area contributed by atoms with Crippen LogP contribution in [-0.4, -0.2) is 26.5 Å². The van der Waals surface area contributed by atoms with Gasteiger partial charge >= 0.3 is 0 Å². The molecule has 0 bridgehead atoms. The topological polar surface area (TPSA) is 76.3 Å². The van der Waals surface area contributed by atoms with Crippen molar-refractivity contribution in [3.8, 4) is 11.3 Å². The number of benzene rings is 3. The Morgan fingerprint density at radius 1 is 0.806 bits per heavy atom. The zero-order chi connectivity index (χ0) is 21.4. The second kappa shape index (κ2) is 7.71. The SMILES string of the molecule is Nc1ccc(S(=O)(=O)c2cc(-c3cccc4ccccc34)nc(N3CCCC3)c2)cc1. The van der Waals surface area contributed by atoms with Gasteiger partial charge in [0.15, 0.2) is 0 Å². The Kier molecular flexibility index (Phi) is 4.87. The van der Waals surface area contributed by atoms with Crippen molar-refractivity contribution in [1.29, 1.82) is 0 Å². The number of nitrogen functional groups attached to an aromatic ring is 1. The molecule has 31 heavy (non-hydrogen) atoms. The van der Waals surface area contributed by atoms with Gasteiger partial charge in [0.1, 0.15) is 5.82 Å². The molecule has 1 fully saturated rings. The summed E-state index contributed by atoms with van der Waals surface area (Å²) in [5.74, 6) is 0.706. The predicted molar refractivity (Wildman–Crippen MR) is 125 cm³/mol. The molecule has 0 amide bonds. The molecule has 0 aliphatic carbocycles. The van der Waals surface area contributed by atoms with Gasteiger partial charge in [-0.1, -0.05) is 42.5 Å². The number of sulfone groups is 1. The van der Waals surface area contributed by atoms with Crippen molar-refractivity contribution in [2.24, 2.45) is 0 Å². The molecule has 0 unspecified atom stereocenters. The third kappa shape index (κ3) is 3.64. The Bertz CT molecular complexity index is 1350. The number of anilines is 2. The summed E-state index contributed by atoms with van der Waals surface area (Å²) in [7, 11) is -3.71. The third-order valence-corrected chi connectivity index (χ3v) is 7.53. The van der Waals surface area contributed by atoms with E-state index >= 15 is 0 Å². The van der Waals surface area contributed by atoms with E-state index in [-0.39, 0.29) is 9.79 Å². The summed E-state index contributed by atoms with van der Waals surface area (Å²) in [6.07, 6.45) is 2.17. The molecule has 2 heterocycles. The summed E-state index contributed by atoms with van der Waals surface area (Å²) in [5.41, 5.74) is 7.87. The molecule has 5 rings (SSSR count). The van der Waals surface area contributed by atoms with Gasteiger partial charge in [0.25, 0.3) is 0 Å². The lowest BCUT2D eigenvalue weighted by Gasteiger charge is -2.19. The third-order valence-electron chi connectivity index (χ3n) is 5.78. The minimum absolute atomic E-state index is 0.226. The van der Waals surface area contributed by atoms with Crippen LogP contribution >= 0.6 is 0 Å². The van der Waals surface area contributed by atoms with Crippen molar-refractivity contribution < 1.29 is 8.42 Å².